The van der Waals surface area contributed by atoms with E-state index in [0.717, 1.165) is 6.07 Å². The van der Waals surface area contributed by atoms with Gasteiger partial charge in [-0.05, 0) is 30.9 Å². The highest BCUT2D eigenvalue weighted by Gasteiger charge is 2.23. The maximum atomic E-state index is 13.5. The van der Waals surface area contributed by atoms with Crippen LogP contribution in [-0.4, -0.2) is 46.7 Å². The molecule has 0 saturated carbocycles. The van der Waals surface area contributed by atoms with Gasteiger partial charge in [0.25, 0.3) is 5.91 Å². The van der Waals surface area contributed by atoms with Gasteiger partial charge in [-0.3, -0.25) is 4.79 Å². The lowest BCUT2D eigenvalue weighted by Gasteiger charge is -2.29. The van der Waals surface area contributed by atoms with Gasteiger partial charge in [-0.25, -0.2) is 9.18 Å². The second-order valence-corrected chi connectivity index (χ2v) is 5.09. The molecule has 1 fully saturated rings. The summed E-state index contributed by atoms with van der Waals surface area (Å²) in [6.45, 7) is 1.28. The molecular formula is C14H17FN2O4. The summed E-state index contributed by atoms with van der Waals surface area (Å²) in [5.74, 6) is -1.35. The van der Waals surface area contributed by atoms with Crippen molar-refractivity contribution in [3.63, 3.8) is 0 Å². The first-order valence-electron chi connectivity index (χ1n) is 6.72. The number of likely N-dealkylation sites (tertiary alicyclic amines) is 1. The van der Waals surface area contributed by atoms with Crippen LogP contribution in [0, 0.1) is 11.7 Å². The summed E-state index contributed by atoms with van der Waals surface area (Å²) in [6, 6.07) is 3.37. The Balaban J connectivity index is 1.83. The molecule has 0 unspecified atom stereocenters. The molecule has 0 radical (unpaired) electrons. The molecule has 1 aromatic carbocycles. The van der Waals surface area contributed by atoms with Crippen molar-refractivity contribution >= 4 is 12.0 Å². The Morgan fingerprint density at radius 3 is 2.57 bits per heavy atom. The van der Waals surface area contributed by atoms with E-state index in [0.29, 0.717) is 32.5 Å². The molecule has 3 N–H and O–H groups in total. The van der Waals surface area contributed by atoms with Crippen molar-refractivity contribution in [3.8, 4) is 5.75 Å². The average Bonchev–Trinajstić information content (AvgIpc) is 2.45. The van der Waals surface area contributed by atoms with Crippen LogP contribution in [0.25, 0.3) is 0 Å². The van der Waals surface area contributed by atoms with E-state index >= 15 is 0 Å². The summed E-state index contributed by atoms with van der Waals surface area (Å²) in [7, 11) is 0. The van der Waals surface area contributed by atoms with Crippen LogP contribution in [0.5, 0.6) is 5.75 Å². The van der Waals surface area contributed by atoms with E-state index in [1.165, 1.54) is 17.0 Å². The van der Waals surface area contributed by atoms with E-state index in [1.807, 2.05) is 0 Å². The van der Waals surface area contributed by atoms with Crippen LogP contribution >= 0.6 is 0 Å². The van der Waals surface area contributed by atoms with Crippen molar-refractivity contribution in [1.82, 2.24) is 10.2 Å². The fraction of sp³-hybridized carbons (Fsp3) is 0.429. The molecule has 1 heterocycles. The van der Waals surface area contributed by atoms with E-state index in [-0.39, 0.29) is 17.2 Å². The molecule has 0 atom stereocenters. The summed E-state index contributed by atoms with van der Waals surface area (Å²) in [4.78, 5) is 24.0. The Hall–Kier alpha value is -2.31. The number of halogens is 1. The van der Waals surface area contributed by atoms with Crippen LogP contribution in [0.15, 0.2) is 18.2 Å². The number of aromatic hydroxyl groups is 1. The SMILES string of the molecule is O=C(NCC1CCN(C(=O)O)CC1)c1ccc(O)cc1F. The molecule has 0 bridgehead atoms. The third-order valence-electron chi connectivity index (χ3n) is 3.63. The molecule has 1 aliphatic heterocycles. The molecule has 2 rings (SSSR count). The predicted molar refractivity (Wildman–Crippen MR) is 72.7 cm³/mol. The summed E-state index contributed by atoms with van der Waals surface area (Å²) in [5.41, 5.74) is -0.115. The van der Waals surface area contributed by atoms with E-state index < -0.39 is 17.8 Å². The number of piperidine rings is 1. The third-order valence-corrected chi connectivity index (χ3v) is 3.63. The number of hydrogen-bond acceptors (Lipinski definition) is 3. The highest BCUT2D eigenvalue weighted by Crippen LogP contribution is 2.18. The highest BCUT2D eigenvalue weighted by molar-refractivity contribution is 5.94. The predicted octanol–water partition coefficient (Wildman–Crippen LogP) is 1.65. The first kappa shape index (κ1) is 15.1. The van der Waals surface area contributed by atoms with E-state index in [2.05, 4.69) is 5.32 Å². The van der Waals surface area contributed by atoms with Crippen molar-refractivity contribution in [2.45, 2.75) is 12.8 Å². The maximum absolute atomic E-state index is 13.5. The average molecular weight is 296 g/mol. The molecule has 0 aliphatic carbocycles. The number of carbonyl (C=O) groups excluding carboxylic acids is 1. The minimum Gasteiger partial charge on any atom is -0.508 e. The molecule has 1 aliphatic rings. The van der Waals surface area contributed by atoms with Gasteiger partial charge in [0.15, 0.2) is 0 Å². The lowest BCUT2D eigenvalue weighted by molar-refractivity contribution is 0.0924. The number of phenols is 1. The van der Waals surface area contributed by atoms with Gasteiger partial charge < -0.3 is 20.4 Å². The number of rotatable bonds is 3. The topological polar surface area (TPSA) is 89.9 Å². The molecule has 6 nitrogen and oxygen atoms in total. The van der Waals surface area contributed by atoms with E-state index in [9.17, 15) is 14.0 Å². The molecule has 1 saturated heterocycles. The quantitative estimate of drug-likeness (QED) is 0.791. The number of carbonyl (C=O) groups is 2. The van der Waals surface area contributed by atoms with E-state index in [4.69, 9.17) is 10.2 Å². The second kappa shape index (κ2) is 6.43. The zero-order chi connectivity index (χ0) is 15.4. The number of benzene rings is 1. The third kappa shape index (κ3) is 3.84. The van der Waals surface area contributed by atoms with Crippen molar-refractivity contribution in [1.29, 1.82) is 0 Å². The Morgan fingerprint density at radius 2 is 2.00 bits per heavy atom. The lowest BCUT2D eigenvalue weighted by Crippen LogP contribution is -2.41. The zero-order valence-electron chi connectivity index (χ0n) is 11.4. The standard InChI is InChI=1S/C14H17FN2O4/c15-12-7-10(18)1-2-11(12)13(19)16-8-9-3-5-17(6-4-9)14(20)21/h1-2,7,9,18H,3-6,8H2,(H,16,19)(H,20,21). The van der Waals surface area contributed by atoms with Gasteiger partial charge >= 0.3 is 6.09 Å². The Labute approximate surface area is 121 Å². The first-order chi connectivity index (χ1) is 9.97. The van der Waals surface area contributed by atoms with Crippen molar-refractivity contribution in [2.24, 2.45) is 5.92 Å². The molecule has 2 amide bonds. The van der Waals surface area contributed by atoms with Crippen molar-refractivity contribution in [3.05, 3.63) is 29.6 Å². The molecule has 0 spiro atoms. The molecule has 7 heteroatoms. The lowest BCUT2D eigenvalue weighted by atomic mass is 9.97. The molecular weight excluding hydrogens is 279 g/mol. The van der Waals surface area contributed by atoms with Gasteiger partial charge in [-0.15, -0.1) is 0 Å². The maximum Gasteiger partial charge on any atom is 0.407 e. The Bertz CT molecular complexity index is 542. The fourth-order valence-corrected chi connectivity index (χ4v) is 2.35. The number of nitrogens with zero attached hydrogens (tertiary/aromatic N) is 1. The van der Waals surface area contributed by atoms with Crippen LogP contribution < -0.4 is 5.32 Å². The number of carboxylic acid groups (broad SMARTS) is 1. The minimum atomic E-state index is -0.927. The monoisotopic (exact) mass is 296 g/mol. The first-order valence-corrected chi connectivity index (χ1v) is 6.72. The summed E-state index contributed by atoms with van der Waals surface area (Å²) in [5, 5.41) is 20.6. The van der Waals surface area contributed by atoms with Crippen LogP contribution in [0.4, 0.5) is 9.18 Å². The van der Waals surface area contributed by atoms with Crippen molar-refractivity contribution < 1.29 is 24.2 Å². The zero-order valence-corrected chi connectivity index (χ0v) is 11.4. The number of amides is 2. The van der Waals surface area contributed by atoms with Crippen LogP contribution in [0.3, 0.4) is 0 Å². The number of hydrogen-bond donors (Lipinski definition) is 3. The van der Waals surface area contributed by atoms with Gasteiger partial charge in [-0.2, -0.15) is 0 Å². The largest absolute Gasteiger partial charge is 0.508 e. The van der Waals surface area contributed by atoms with Crippen molar-refractivity contribution in [2.75, 3.05) is 19.6 Å². The molecule has 114 valence electrons. The van der Waals surface area contributed by atoms with Gasteiger partial charge in [-0.1, -0.05) is 0 Å². The second-order valence-electron chi connectivity index (χ2n) is 5.09. The molecule has 0 aromatic heterocycles. The Kier molecular flexibility index (Phi) is 4.62. The molecule has 21 heavy (non-hydrogen) atoms. The normalized spacial score (nSPS) is 15.8. The summed E-state index contributed by atoms with van der Waals surface area (Å²) < 4.78 is 13.5. The number of nitrogens with one attached hydrogen (secondary N) is 1. The van der Waals surface area contributed by atoms with Crippen LogP contribution in [0.2, 0.25) is 0 Å². The van der Waals surface area contributed by atoms with Gasteiger partial charge in [0.2, 0.25) is 0 Å². The summed E-state index contributed by atoms with van der Waals surface area (Å²) >= 11 is 0. The van der Waals surface area contributed by atoms with Gasteiger partial charge in [0, 0.05) is 25.7 Å². The van der Waals surface area contributed by atoms with Gasteiger partial charge in [0.05, 0.1) is 5.56 Å². The van der Waals surface area contributed by atoms with Gasteiger partial charge in [0.1, 0.15) is 11.6 Å². The smallest absolute Gasteiger partial charge is 0.407 e. The fourth-order valence-electron chi connectivity index (χ4n) is 2.35. The van der Waals surface area contributed by atoms with Crippen LogP contribution in [-0.2, 0) is 0 Å². The Morgan fingerprint density at radius 1 is 1.33 bits per heavy atom. The number of phenolic OH excluding ortho intramolecular Hbond substituents is 1. The minimum absolute atomic E-state index is 0.115. The summed E-state index contributed by atoms with van der Waals surface area (Å²) in [6.07, 6.45) is 0.415. The highest BCUT2D eigenvalue weighted by atomic mass is 19.1. The molecule has 1 aromatic rings. The van der Waals surface area contributed by atoms with E-state index in [1.54, 1.807) is 0 Å². The van der Waals surface area contributed by atoms with Crippen LogP contribution in [0.1, 0.15) is 23.2 Å².